The highest BCUT2D eigenvalue weighted by Gasteiger charge is 2.34. The number of nitrogens with one attached hydrogen (secondary N) is 1. The zero-order valence-electron chi connectivity index (χ0n) is 19.1. The molecule has 180 valence electrons. The Bertz CT molecular complexity index is 1000. The van der Waals surface area contributed by atoms with Gasteiger partial charge in [-0.25, -0.2) is 8.42 Å². The summed E-state index contributed by atoms with van der Waals surface area (Å²) in [6.45, 7) is 3.25. The molecule has 1 N–H and O–H groups in total. The number of hydrogen-bond acceptors (Lipinski definition) is 6. The number of carbonyl (C=O) groups is 1. The average molecular weight is 492 g/mol. The Kier molecular flexibility index (Phi) is 8.06. The Hall–Kier alpha value is -1.94. The predicted octanol–water partition coefficient (Wildman–Crippen LogP) is 3.50. The van der Waals surface area contributed by atoms with E-state index in [2.05, 4.69) is 22.3 Å². The number of thiophene rings is 1. The smallest absolute Gasteiger partial charge is 0.252 e. The summed E-state index contributed by atoms with van der Waals surface area (Å²) in [5.74, 6) is 0.428. The first-order chi connectivity index (χ1) is 16.0. The van der Waals surface area contributed by atoms with Crippen LogP contribution in [0.15, 0.2) is 46.0 Å². The van der Waals surface area contributed by atoms with Gasteiger partial charge in [0, 0.05) is 19.6 Å². The molecule has 3 heterocycles. The largest absolute Gasteiger partial charge is 0.497 e. The zero-order valence-corrected chi connectivity index (χ0v) is 20.7. The third kappa shape index (κ3) is 5.77. The third-order valence-electron chi connectivity index (χ3n) is 6.65. The molecule has 1 aromatic heterocycles. The van der Waals surface area contributed by atoms with Crippen molar-refractivity contribution in [3.8, 4) is 5.75 Å². The van der Waals surface area contributed by atoms with Crippen LogP contribution >= 0.6 is 11.3 Å². The lowest BCUT2D eigenvalue weighted by Gasteiger charge is -2.36. The number of rotatable bonds is 8. The Morgan fingerprint density at radius 2 is 1.88 bits per heavy atom. The zero-order chi connectivity index (χ0) is 23.3. The maximum atomic E-state index is 13.1. The van der Waals surface area contributed by atoms with E-state index >= 15 is 0 Å². The van der Waals surface area contributed by atoms with Crippen LogP contribution in [0.4, 0.5) is 0 Å². The van der Waals surface area contributed by atoms with Gasteiger partial charge in [-0.05, 0) is 67.9 Å². The molecule has 0 radical (unpaired) electrons. The van der Waals surface area contributed by atoms with Gasteiger partial charge in [-0.3, -0.25) is 9.69 Å². The number of sulfonamides is 1. The lowest BCUT2D eigenvalue weighted by Crippen LogP contribution is -2.47. The second kappa shape index (κ2) is 11.0. The van der Waals surface area contributed by atoms with E-state index in [1.165, 1.54) is 34.9 Å². The Labute approximate surface area is 200 Å². The number of methoxy groups -OCH3 is 1. The van der Waals surface area contributed by atoms with Crippen LogP contribution in [0, 0.1) is 5.92 Å². The van der Waals surface area contributed by atoms with E-state index in [0.29, 0.717) is 30.1 Å². The van der Waals surface area contributed by atoms with Crippen molar-refractivity contribution >= 4 is 27.3 Å². The number of ether oxygens (including phenoxy) is 1. The first-order valence-corrected chi connectivity index (χ1v) is 14.0. The maximum absolute atomic E-state index is 13.1. The van der Waals surface area contributed by atoms with Crippen molar-refractivity contribution in [1.29, 1.82) is 0 Å². The first-order valence-electron chi connectivity index (χ1n) is 11.7. The van der Waals surface area contributed by atoms with Crippen molar-refractivity contribution in [2.24, 2.45) is 5.92 Å². The fraction of sp³-hybridized carbons (Fsp3) is 0.542. The fourth-order valence-electron chi connectivity index (χ4n) is 4.77. The summed E-state index contributed by atoms with van der Waals surface area (Å²) in [5.41, 5.74) is 1.16. The molecule has 2 atom stereocenters. The highest BCUT2D eigenvalue weighted by molar-refractivity contribution is 7.91. The Balaban J connectivity index is 1.42. The summed E-state index contributed by atoms with van der Waals surface area (Å²) < 4.78 is 32.9. The number of carbonyl (C=O) groups excluding carboxylic acids is 1. The van der Waals surface area contributed by atoms with Crippen molar-refractivity contribution in [2.75, 3.05) is 39.8 Å². The SMILES string of the molecule is COc1ccc([C@@H](CNC(=O)[C@@H]2CCCN(S(=O)(=O)c3cccs3)C2)N2CCCCC2)cc1. The summed E-state index contributed by atoms with van der Waals surface area (Å²) >= 11 is 1.22. The highest BCUT2D eigenvalue weighted by Crippen LogP contribution is 2.28. The number of likely N-dealkylation sites (tertiary alicyclic amines) is 1. The molecule has 2 fully saturated rings. The number of piperidine rings is 2. The van der Waals surface area contributed by atoms with Crippen LogP contribution in [0.1, 0.15) is 43.7 Å². The molecule has 0 saturated carbocycles. The fourth-order valence-corrected chi connectivity index (χ4v) is 7.44. The normalized spacial score (nSPS) is 21.4. The molecule has 2 saturated heterocycles. The van der Waals surface area contributed by atoms with Crippen molar-refractivity contribution in [2.45, 2.75) is 42.4 Å². The average Bonchev–Trinajstić information content (AvgIpc) is 3.41. The molecule has 0 bridgehead atoms. The van der Waals surface area contributed by atoms with Gasteiger partial charge in [0.25, 0.3) is 10.0 Å². The lowest BCUT2D eigenvalue weighted by molar-refractivity contribution is -0.126. The minimum Gasteiger partial charge on any atom is -0.497 e. The van der Waals surface area contributed by atoms with Gasteiger partial charge in [-0.1, -0.05) is 24.6 Å². The van der Waals surface area contributed by atoms with Crippen molar-refractivity contribution < 1.29 is 17.9 Å². The minimum absolute atomic E-state index is 0.0587. The molecular weight excluding hydrogens is 458 g/mol. The molecular formula is C24H33N3O4S2. The summed E-state index contributed by atoms with van der Waals surface area (Å²) in [5, 5.41) is 4.92. The van der Waals surface area contributed by atoms with Gasteiger partial charge in [0.2, 0.25) is 5.91 Å². The van der Waals surface area contributed by atoms with Crippen LogP contribution in [-0.4, -0.2) is 63.4 Å². The second-order valence-electron chi connectivity index (χ2n) is 8.77. The molecule has 2 aliphatic heterocycles. The molecule has 7 nitrogen and oxygen atoms in total. The molecule has 0 aliphatic carbocycles. The van der Waals surface area contributed by atoms with Gasteiger partial charge in [-0.2, -0.15) is 4.31 Å². The molecule has 2 aromatic rings. The second-order valence-corrected chi connectivity index (χ2v) is 11.9. The Morgan fingerprint density at radius 1 is 1.12 bits per heavy atom. The molecule has 33 heavy (non-hydrogen) atoms. The first kappa shape index (κ1) is 24.2. The topological polar surface area (TPSA) is 79.0 Å². The van der Waals surface area contributed by atoms with E-state index in [4.69, 9.17) is 4.74 Å². The summed E-state index contributed by atoms with van der Waals surface area (Å²) in [6, 6.07) is 11.5. The number of nitrogens with zero attached hydrogens (tertiary/aromatic N) is 2. The summed E-state index contributed by atoms with van der Waals surface area (Å²) in [4.78, 5) is 15.6. The van der Waals surface area contributed by atoms with E-state index in [1.54, 1.807) is 24.6 Å². The van der Waals surface area contributed by atoms with Crippen LogP contribution in [0.2, 0.25) is 0 Å². The van der Waals surface area contributed by atoms with Crippen LogP contribution in [0.25, 0.3) is 0 Å². The van der Waals surface area contributed by atoms with Gasteiger partial charge in [0.15, 0.2) is 0 Å². The van der Waals surface area contributed by atoms with E-state index < -0.39 is 10.0 Å². The van der Waals surface area contributed by atoms with Gasteiger partial charge in [0.1, 0.15) is 9.96 Å². The molecule has 1 aromatic carbocycles. The molecule has 0 unspecified atom stereocenters. The van der Waals surface area contributed by atoms with Crippen LogP contribution < -0.4 is 10.1 Å². The lowest BCUT2D eigenvalue weighted by atomic mass is 9.97. The molecule has 9 heteroatoms. The van der Waals surface area contributed by atoms with Crippen LogP contribution in [-0.2, 0) is 14.8 Å². The summed E-state index contributed by atoms with van der Waals surface area (Å²) in [7, 11) is -1.88. The van der Waals surface area contributed by atoms with Crippen molar-refractivity contribution in [1.82, 2.24) is 14.5 Å². The number of benzene rings is 1. The van der Waals surface area contributed by atoms with Gasteiger partial charge in [-0.15, -0.1) is 11.3 Å². The predicted molar refractivity (Wildman–Crippen MR) is 130 cm³/mol. The van der Waals surface area contributed by atoms with E-state index in [1.807, 2.05) is 12.1 Å². The molecule has 0 spiro atoms. The van der Waals surface area contributed by atoms with Crippen LogP contribution in [0.3, 0.4) is 0 Å². The van der Waals surface area contributed by atoms with Crippen LogP contribution in [0.5, 0.6) is 5.75 Å². The quantitative estimate of drug-likeness (QED) is 0.612. The van der Waals surface area contributed by atoms with E-state index in [0.717, 1.165) is 24.4 Å². The van der Waals surface area contributed by atoms with Gasteiger partial charge >= 0.3 is 0 Å². The molecule has 4 rings (SSSR count). The van der Waals surface area contributed by atoms with Gasteiger partial charge < -0.3 is 10.1 Å². The number of amides is 1. The van der Waals surface area contributed by atoms with Crippen molar-refractivity contribution in [3.05, 3.63) is 47.3 Å². The standard InChI is InChI=1S/C24H33N3O4S2/c1-31-21-11-9-19(10-12-21)22(26-13-3-2-4-14-26)17-25-24(28)20-7-5-15-27(18-20)33(29,30)23-8-6-16-32-23/h6,8-12,16,20,22H,2-5,7,13-15,17-18H2,1H3,(H,25,28)/t20-,22-/m1/s1. The molecule has 2 aliphatic rings. The monoisotopic (exact) mass is 491 g/mol. The number of hydrogen-bond donors (Lipinski definition) is 1. The van der Waals surface area contributed by atoms with Gasteiger partial charge in [0.05, 0.1) is 19.1 Å². The van der Waals surface area contributed by atoms with Crippen molar-refractivity contribution in [3.63, 3.8) is 0 Å². The third-order valence-corrected chi connectivity index (χ3v) is 9.88. The minimum atomic E-state index is -3.53. The highest BCUT2D eigenvalue weighted by atomic mass is 32.2. The van der Waals surface area contributed by atoms with E-state index in [-0.39, 0.29) is 24.4 Å². The maximum Gasteiger partial charge on any atom is 0.252 e. The Morgan fingerprint density at radius 3 is 2.55 bits per heavy atom. The van der Waals surface area contributed by atoms with E-state index in [9.17, 15) is 13.2 Å². The molecule has 1 amide bonds. The summed E-state index contributed by atoms with van der Waals surface area (Å²) in [6.07, 6.45) is 4.97.